The fourth-order valence-corrected chi connectivity index (χ4v) is 0. The molecule has 8 nitrogen and oxygen atoms in total. The Morgan fingerprint density at radius 1 is 0.786 bits per heavy atom. The lowest BCUT2D eigenvalue weighted by molar-refractivity contribution is 0.186. The van der Waals surface area contributed by atoms with Crippen LogP contribution in [0.2, 0.25) is 0 Å². The summed E-state index contributed by atoms with van der Waals surface area (Å²) in [6.07, 6.45) is 0. The lowest BCUT2D eigenvalue weighted by atomic mass is 10.8. The van der Waals surface area contributed by atoms with Gasteiger partial charge < -0.3 is 10.2 Å². The van der Waals surface area contributed by atoms with Gasteiger partial charge in [0.1, 0.15) is 0 Å². The Bertz CT molecular complexity index is 107. The van der Waals surface area contributed by atoms with E-state index < -0.39 is 22.7 Å². The third-order valence-corrected chi connectivity index (χ3v) is 0.1000. The Balaban J connectivity index is -0.0000000492. The topological polar surface area (TPSA) is 156 Å². The average molecular weight is 254 g/mol. The molecular weight excluding hydrogens is 240 g/mol. The smallest absolute Gasteiger partial charge is 0.299 e. The van der Waals surface area contributed by atoms with Crippen LogP contribution in [0.25, 0.3) is 0 Å². The van der Waals surface area contributed by atoms with Crippen molar-refractivity contribution in [2.24, 2.45) is 0 Å². The van der Waals surface area contributed by atoms with Gasteiger partial charge in [0.2, 0.25) is 0 Å². The van der Waals surface area contributed by atoms with E-state index in [1.165, 1.54) is 0 Å². The first-order chi connectivity index (χ1) is 6.38. The van der Waals surface area contributed by atoms with Gasteiger partial charge in [0.25, 0.3) is 22.7 Å². The molecule has 0 saturated carbocycles. The van der Waals surface area contributed by atoms with Crippen LogP contribution in [0.5, 0.6) is 0 Å². The standard InChI is InChI=1S/C2H6O2.C2H4.2H2O3S/c3-1-2-4;1-2;2*1-4(2)3/h3-4H,1-2H2;1-2H2;2*(H2,1,2,3). The van der Waals surface area contributed by atoms with Gasteiger partial charge >= 0.3 is 0 Å². The van der Waals surface area contributed by atoms with E-state index in [1.807, 2.05) is 0 Å². The molecule has 0 bridgehead atoms. The highest BCUT2D eigenvalue weighted by atomic mass is 32.2. The summed E-state index contributed by atoms with van der Waals surface area (Å²) in [7, 11) is 0. The van der Waals surface area contributed by atoms with Crippen LogP contribution in [-0.2, 0) is 22.7 Å². The van der Waals surface area contributed by atoms with Gasteiger partial charge in [0.05, 0.1) is 13.2 Å². The summed E-state index contributed by atoms with van der Waals surface area (Å²) in [4.78, 5) is 0. The largest absolute Gasteiger partial charge is 0.394 e. The molecule has 0 atom stereocenters. The summed E-state index contributed by atoms with van der Waals surface area (Å²) in [5.74, 6) is 0. The van der Waals surface area contributed by atoms with Crippen molar-refractivity contribution in [3.8, 4) is 0 Å². The third kappa shape index (κ3) is 2150. The highest BCUT2D eigenvalue weighted by molar-refractivity contribution is 7.73. The van der Waals surface area contributed by atoms with Crippen molar-refractivity contribution in [1.82, 2.24) is 0 Å². The molecule has 6 N–H and O–H groups in total. The molecule has 0 aromatic rings. The maximum Gasteiger partial charge on any atom is 0.299 e. The fraction of sp³-hybridized carbons (Fsp3) is 0.500. The van der Waals surface area contributed by atoms with E-state index in [0.29, 0.717) is 0 Å². The zero-order valence-corrected chi connectivity index (χ0v) is 8.78. The van der Waals surface area contributed by atoms with Crippen LogP contribution < -0.4 is 0 Å². The first kappa shape index (κ1) is 23.5. The molecule has 0 rings (SSSR count). The molecule has 90 valence electrons. The molecule has 0 aromatic heterocycles. The highest BCUT2D eigenvalue weighted by Gasteiger charge is 1.63. The van der Waals surface area contributed by atoms with Gasteiger partial charge in [0, 0.05) is 0 Å². The van der Waals surface area contributed by atoms with Crippen LogP contribution in [-0.4, -0.2) is 50.1 Å². The van der Waals surface area contributed by atoms with Gasteiger partial charge in [-0.1, -0.05) is 0 Å². The van der Waals surface area contributed by atoms with E-state index in [-0.39, 0.29) is 13.2 Å². The molecule has 10 heteroatoms. The normalized spacial score (nSPS) is 7.43. The molecule has 0 unspecified atom stereocenters. The predicted octanol–water partition coefficient (Wildman–Crippen LogP) is -0.865. The van der Waals surface area contributed by atoms with Gasteiger partial charge in [-0.2, -0.15) is 8.42 Å². The predicted molar refractivity (Wildman–Crippen MR) is 52.2 cm³/mol. The van der Waals surface area contributed by atoms with Crippen molar-refractivity contribution < 1.29 is 36.8 Å². The minimum atomic E-state index is -2.61. The summed E-state index contributed by atoms with van der Waals surface area (Å²) in [6, 6.07) is 0. The average Bonchev–Trinajstić information content (AvgIpc) is 2.05. The maximum absolute atomic E-state index is 8.67. The van der Waals surface area contributed by atoms with Gasteiger partial charge in [0.15, 0.2) is 0 Å². The number of hydrogen-bond acceptors (Lipinski definition) is 4. The Morgan fingerprint density at radius 3 is 0.857 bits per heavy atom. The van der Waals surface area contributed by atoms with Crippen LogP contribution in [0.4, 0.5) is 0 Å². The van der Waals surface area contributed by atoms with Crippen LogP contribution in [0.3, 0.4) is 0 Å². The Hall–Kier alpha value is -0.200. The summed E-state index contributed by atoms with van der Waals surface area (Å²) in [5.41, 5.74) is 0. The molecule has 0 aliphatic carbocycles. The Morgan fingerprint density at radius 2 is 0.857 bits per heavy atom. The molecule has 0 amide bonds. The lowest BCUT2D eigenvalue weighted by Gasteiger charge is -1.70. The summed E-state index contributed by atoms with van der Waals surface area (Å²) in [6.45, 7) is 5.75. The first-order valence-electron chi connectivity index (χ1n) is 2.70. The molecule has 0 heterocycles. The molecule has 0 saturated heterocycles. The second-order valence-corrected chi connectivity index (χ2v) is 1.83. The van der Waals surface area contributed by atoms with Gasteiger partial charge in [-0.15, -0.1) is 13.2 Å². The number of rotatable bonds is 1. The Kier molecular flexibility index (Phi) is 49.3. The molecule has 14 heavy (non-hydrogen) atoms. The summed E-state index contributed by atoms with van der Waals surface area (Å²) < 4.78 is 45.7. The van der Waals surface area contributed by atoms with Crippen LogP contribution in [0.1, 0.15) is 0 Å². The lowest BCUT2D eigenvalue weighted by Crippen LogP contribution is -1.85. The number of aliphatic hydroxyl groups is 2. The van der Waals surface area contributed by atoms with Crippen LogP contribution >= 0.6 is 0 Å². The van der Waals surface area contributed by atoms with Crippen molar-refractivity contribution in [3.05, 3.63) is 13.2 Å². The highest BCUT2D eigenvalue weighted by Crippen LogP contribution is 1.44. The van der Waals surface area contributed by atoms with Crippen molar-refractivity contribution in [3.63, 3.8) is 0 Å². The van der Waals surface area contributed by atoms with E-state index in [0.717, 1.165) is 0 Å². The zero-order chi connectivity index (χ0) is 12.6. The minimum absolute atomic E-state index is 0.125. The first-order valence-corrected chi connectivity index (χ1v) is 4.82. The monoisotopic (exact) mass is 254 g/mol. The van der Waals surface area contributed by atoms with E-state index in [2.05, 4.69) is 13.2 Å². The molecule has 0 aromatic carbocycles. The molecular formula is C4H14O8S2. The van der Waals surface area contributed by atoms with Gasteiger partial charge in [-0.3, -0.25) is 18.2 Å². The maximum atomic E-state index is 8.67. The molecule has 0 spiro atoms. The van der Waals surface area contributed by atoms with Crippen LogP contribution in [0, 0.1) is 0 Å². The van der Waals surface area contributed by atoms with E-state index in [1.54, 1.807) is 0 Å². The molecule has 0 aliphatic heterocycles. The molecule has 0 aliphatic rings. The number of aliphatic hydroxyl groups excluding tert-OH is 2. The van der Waals surface area contributed by atoms with Crippen molar-refractivity contribution in [2.45, 2.75) is 0 Å². The second kappa shape index (κ2) is 29.3. The van der Waals surface area contributed by atoms with Crippen LogP contribution in [0.15, 0.2) is 13.2 Å². The van der Waals surface area contributed by atoms with Gasteiger partial charge in [-0.25, -0.2) is 0 Å². The van der Waals surface area contributed by atoms with Crippen molar-refractivity contribution in [2.75, 3.05) is 13.2 Å². The third-order valence-electron chi connectivity index (χ3n) is 0.1000. The number of hydrogen-bond donors (Lipinski definition) is 6. The van der Waals surface area contributed by atoms with E-state index in [4.69, 9.17) is 36.8 Å². The molecule has 0 fully saturated rings. The second-order valence-electron chi connectivity index (χ2n) is 0.909. The summed E-state index contributed by atoms with van der Waals surface area (Å²) in [5, 5.41) is 15.2. The fourth-order valence-electron chi connectivity index (χ4n) is 0. The summed E-state index contributed by atoms with van der Waals surface area (Å²) >= 11 is -5.22. The van der Waals surface area contributed by atoms with E-state index in [9.17, 15) is 0 Å². The van der Waals surface area contributed by atoms with Gasteiger partial charge in [-0.05, 0) is 0 Å². The quantitative estimate of drug-likeness (QED) is 0.260. The molecule has 0 radical (unpaired) electrons. The SMILES string of the molecule is C=C.O=S(O)O.O=S(O)O.OCCO. The minimum Gasteiger partial charge on any atom is -0.394 e. The Labute approximate surface area is 86.5 Å². The van der Waals surface area contributed by atoms with Crippen molar-refractivity contribution in [1.29, 1.82) is 0 Å². The van der Waals surface area contributed by atoms with E-state index >= 15 is 0 Å². The van der Waals surface area contributed by atoms with Crippen molar-refractivity contribution >= 4 is 22.7 Å². The zero-order valence-electron chi connectivity index (χ0n) is 7.14.